The van der Waals surface area contributed by atoms with Crippen LogP contribution in [0.1, 0.15) is 25.0 Å². The Bertz CT molecular complexity index is 3100. The van der Waals surface area contributed by atoms with Crippen molar-refractivity contribution in [1.29, 1.82) is 0 Å². The van der Waals surface area contributed by atoms with Gasteiger partial charge in [0.15, 0.2) is 17.5 Å². The molecule has 10 aromatic rings. The number of fused-ring (bicyclic) bond motifs is 10. The van der Waals surface area contributed by atoms with Crippen LogP contribution in [0.3, 0.4) is 0 Å². The second-order valence-electron chi connectivity index (χ2n) is 14.4. The molecule has 0 bridgehead atoms. The van der Waals surface area contributed by atoms with Gasteiger partial charge in [0.2, 0.25) is 0 Å². The van der Waals surface area contributed by atoms with Crippen molar-refractivity contribution in [3.63, 3.8) is 0 Å². The van der Waals surface area contributed by atoms with E-state index < -0.39 is 0 Å². The van der Waals surface area contributed by atoms with Crippen molar-refractivity contribution in [2.24, 2.45) is 0 Å². The SMILES string of the molecule is CC1(C)c2cc(-c3cccc(-c4nc(-c5ccccc5)nc(-c5cccc6c5sc5ccccc56)n4)c3)ccc2-c2c1ccc1c2oc2ccccc21. The minimum absolute atomic E-state index is 0.188. The van der Waals surface area contributed by atoms with E-state index in [0.29, 0.717) is 17.5 Å². The minimum Gasteiger partial charge on any atom is -0.455 e. The van der Waals surface area contributed by atoms with E-state index in [4.69, 9.17) is 19.4 Å². The molecular weight excluding hydrogens is 667 g/mol. The van der Waals surface area contributed by atoms with Crippen LogP contribution in [0.4, 0.5) is 0 Å². The van der Waals surface area contributed by atoms with Crippen LogP contribution in [0.15, 0.2) is 156 Å². The first-order valence-electron chi connectivity index (χ1n) is 17.9. The summed E-state index contributed by atoms with van der Waals surface area (Å²) in [5.74, 6) is 1.98. The molecule has 0 saturated heterocycles. The van der Waals surface area contributed by atoms with Crippen molar-refractivity contribution >= 4 is 53.4 Å². The van der Waals surface area contributed by atoms with E-state index >= 15 is 0 Å². The van der Waals surface area contributed by atoms with Crippen molar-refractivity contribution in [3.8, 4) is 56.4 Å². The molecule has 0 spiro atoms. The molecular formula is C48H31N3OS. The number of hydrogen-bond donors (Lipinski definition) is 0. The molecule has 1 aliphatic rings. The summed E-state index contributed by atoms with van der Waals surface area (Å²) in [5, 5.41) is 4.79. The molecule has 0 amide bonds. The maximum absolute atomic E-state index is 6.53. The average molecular weight is 698 g/mol. The third kappa shape index (κ3) is 4.57. The van der Waals surface area contributed by atoms with Crippen LogP contribution in [0, 0.1) is 0 Å². The van der Waals surface area contributed by atoms with Crippen molar-refractivity contribution in [2.45, 2.75) is 19.3 Å². The number of thiophene rings is 1. The van der Waals surface area contributed by atoms with Crippen LogP contribution in [0.5, 0.6) is 0 Å². The lowest BCUT2D eigenvalue weighted by Crippen LogP contribution is -2.14. The predicted molar refractivity (Wildman–Crippen MR) is 219 cm³/mol. The molecule has 0 saturated carbocycles. The van der Waals surface area contributed by atoms with Crippen molar-refractivity contribution in [3.05, 3.63) is 163 Å². The second kappa shape index (κ2) is 11.3. The van der Waals surface area contributed by atoms with Crippen LogP contribution in [0.25, 0.3) is 98.5 Å². The average Bonchev–Trinajstić information content (AvgIpc) is 3.86. The molecule has 0 atom stereocenters. The summed E-state index contributed by atoms with van der Waals surface area (Å²) in [6.07, 6.45) is 0. The first kappa shape index (κ1) is 30.2. The van der Waals surface area contributed by atoms with Crippen molar-refractivity contribution < 1.29 is 4.42 Å². The maximum atomic E-state index is 6.53. The van der Waals surface area contributed by atoms with Crippen LogP contribution >= 0.6 is 11.3 Å². The zero-order valence-electron chi connectivity index (χ0n) is 29.1. The molecule has 0 radical (unpaired) electrons. The zero-order chi connectivity index (χ0) is 35.3. The van der Waals surface area contributed by atoms with Gasteiger partial charge in [-0.1, -0.05) is 135 Å². The number of rotatable bonds is 4. The highest BCUT2D eigenvalue weighted by Crippen LogP contribution is 2.53. The number of benzene rings is 7. The van der Waals surface area contributed by atoms with Gasteiger partial charge in [-0.15, -0.1) is 11.3 Å². The monoisotopic (exact) mass is 697 g/mol. The topological polar surface area (TPSA) is 51.8 Å². The fourth-order valence-electron chi connectivity index (χ4n) is 8.28. The molecule has 5 heteroatoms. The Morgan fingerprint density at radius 2 is 1.15 bits per heavy atom. The van der Waals surface area contributed by atoms with Gasteiger partial charge in [0, 0.05) is 58.6 Å². The van der Waals surface area contributed by atoms with E-state index in [2.05, 4.69) is 141 Å². The van der Waals surface area contributed by atoms with Gasteiger partial charge < -0.3 is 4.42 Å². The third-order valence-corrected chi connectivity index (χ3v) is 12.2. The summed E-state index contributed by atoms with van der Waals surface area (Å²) in [6, 6.07) is 53.5. The molecule has 0 fully saturated rings. The smallest absolute Gasteiger partial charge is 0.165 e. The minimum atomic E-state index is -0.188. The number of aromatic nitrogens is 3. The molecule has 0 unspecified atom stereocenters. The molecule has 250 valence electrons. The van der Waals surface area contributed by atoms with Gasteiger partial charge in [-0.05, 0) is 58.1 Å². The van der Waals surface area contributed by atoms with E-state index in [1.54, 1.807) is 11.3 Å². The fourth-order valence-corrected chi connectivity index (χ4v) is 9.50. The van der Waals surface area contributed by atoms with Gasteiger partial charge in [-0.25, -0.2) is 15.0 Å². The Balaban J connectivity index is 1.05. The van der Waals surface area contributed by atoms with E-state index in [-0.39, 0.29) is 5.41 Å². The Morgan fingerprint density at radius 3 is 2.04 bits per heavy atom. The lowest BCUT2D eigenvalue weighted by Gasteiger charge is -2.22. The normalized spacial score (nSPS) is 13.2. The number of para-hydroxylation sites is 1. The summed E-state index contributed by atoms with van der Waals surface area (Å²) in [6.45, 7) is 4.64. The molecule has 11 rings (SSSR count). The Hall–Kier alpha value is -6.43. The number of hydrogen-bond acceptors (Lipinski definition) is 5. The zero-order valence-corrected chi connectivity index (χ0v) is 29.9. The molecule has 3 heterocycles. The van der Waals surface area contributed by atoms with Crippen LogP contribution in [0.2, 0.25) is 0 Å². The standard InChI is InChI=1S/C48H31N3OS/c1-48(2)38-25-24-34-32-16-6-8-20-40(32)52-43(34)42(38)36-23-22-30(27-39(36)48)29-14-10-15-31(26-29)46-49-45(28-12-4-3-5-13-28)50-47(51-46)37-19-11-18-35-33-17-7-9-21-41(33)53-44(35)37/h3-27H,1-2H3. The number of furan rings is 1. The van der Waals surface area contributed by atoms with E-state index in [1.807, 2.05) is 24.3 Å². The van der Waals surface area contributed by atoms with E-state index in [1.165, 1.54) is 42.4 Å². The summed E-state index contributed by atoms with van der Waals surface area (Å²) >= 11 is 1.79. The molecule has 53 heavy (non-hydrogen) atoms. The first-order chi connectivity index (χ1) is 26.0. The highest BCUT2D eigenvalue weighted by molar-refractivity contribution is 7.26. The highest BCUT2D eigenvalue weighted by Gasteiger charge is 2.38. The number of nitrogens with zero attached hydrogens (tertiary/aromatic N) is 3. The summed E-state index contributed by atoms with van der Waals surface area (Å²) < 4.78 is 8.96. The van der Waals surface area contributed by atoms with E-state index in [9.17, 15) is 0 Å². The van der Waals surface area contributed by atoms with Gasteiger partial charge in [0.25, 0.3) is 0 Å². The molecule has 1 aliphatic carbocycles. The predicted octanol–water partition coefficient (Wildman–Crippen LogP) is 13.1. The van der Waals surface area contributed by atoms with Crippen molar-refractivity contribution in [1.82, 2.24) is 15.0 Å². The van der Waals surface area contributed by atoms with Crippen molar-refractivity contribution in [2.75, 3.05) is 0 Å². The maximum Gasteiger partial charge on any atom is 0.165 e. The summed E-state index contributed by atoms with van der Waals surface area (Å²) in [7, 11) is 0. The lowest BCUT2D eigenvalue weighted by atomic mass is 9.81. The lowest BCUT2D eigenvalue weighted by molar-refractivity contribution is 0.653. The largest absolute Gasteiger partial charge is 0.455 e. The van der Waals surface area contributed by atoms with Crippen LogP contribution in [-0.4, -0.2) is 15.0 Å². The van der Waals surface area contributed by atoms with Gasteiger partial charge in [-0.2, -0.15) is 0 Å². The molecule has 4 nitrogen and oxygen atoms in total. The van der Waals surface area contributed by atoms with Gasteiger partial charge in [-0.3, -0.25) is 0 Å². The van der Waals surface area contributed by atoms with Gasteiger partial charge >= 0.3 is 0 Å². The fraction of sp³-hybridized carbons (Fsp3) is 0.0625. The highest BCUT2D eigenvalue weighted by atomic mass is 32.1. The van der Waals surface area contributed by atoms with Crippen LogP contribution in [-0.2, 0) is 5.41 Å². The molecule has 0 N–H and O–H groups in total. The Morgan fingerprint density at radius 1 is 0.472 bits per heavy atom. The molecule has 7 aromatic carbocycles. The summed E-state index contributed by atoms with van der Waals surface area (Å²) in [4.78, 5) is 15.4. The molecule has 3 aromatic heterocycles. The Kier molecular flexibility index (Phi) is 6.43. The van der Waals surface area contributed by atoms with Gasteiger partial charge in [0.05, 0.1) is 0 Å². The van der Waals surface area contributed by atoms with E-state index in [0.717, 1.165) is 49.8 Å². The second-order valence-corrected chi connectivity index (χ2v) is 15.4. The Labute approximate surface area is 310 Å². The third-order valence-electron chi connectivity index (χ3n) is 10.9. The van der Waals surface area contributed by atoms with Gasteiger partial charge in [0.1, 0.15) is 11.2 Å². The first-order valence-corrected chi connectivity index (χ1v) is 18.8. The van der Waals surface area contributed by atoms with Crippen LogP contribution < -0.4 is 0 Å². The quantitative estimate of drug-likeness (QED) is 0.184. The molecule has 0 aliphatic heterocycles. The summed E-state index contributed by atoms with van der Waals surface area (Å²) in [5.41, 5.74) is 11.9.